The molecular weight excluding hydrogens is 454 g/mol. The highest BCUT2D eigenvalue weighted by atomic mass is 19.1. The summed E-state index contributed by atoms with van der Waals surface area (Å²) in [7, 11) is 0. The Kier molecular flexibility index (Phi) is 5.28. The smallest absolute Gasteiger partial charge is 0.266 e. The Morgan fingerprint density at radius 2 is 1.86 bits per heavy atom. The maximum Gasteiger partial charge on any atom is 0.266 e. The fraction of sp³-hybridized carbons (Fsp3) is 0.208. The standard InChI is InChI=1S/C24H20F2N8O/c1-12-4-2-5-16-19(12)30-22(34(23(16)35)15-9-13(25)8-14(26)10-15)18-6-3-7-33(18)21-17(11-27)20(28)31-24(29)32-21/h2,4-5,8-10,18H,3,6-7H2,1H3,(H4,28,29,31,32). The number of fused-ring (bicyclic) bond motifs is 1. The number of halogens is 2. The number of hydrogen-bond donors (Lipinski definition) is 2. The molecule has 9 nitrogen and oxygen atoms in total. The zero-order valence-corrected chi connectivity index (χ0v) is 18.7. The van der Waals surface area contributed by atoms with Gasteiger partial charge >= 0.3 is 0 Å². The highest BCUT2D eigenvalue weighted by Crippen LogP contribution is 2.38. The molecular formula is C24H20F2N8O. The highest BCUT2D eigenvalue weighted by molar-refractivity contribution is 5.81. The summed E-state index contributed by atoms with van der Waals surface area (Å²) >= 11 is 0. The van der Waals surface area contributed by atoms with E-state index in [1.807, 2.05) is 19.1 Å². The molecule has 1 unspecified atom stereocenters. The molecule has 2 aromatic heterocycles. The molecule has 4 N–H and O–H groups in total. The first-order valence-corrected chi connectivity index (χ1v) is 10.9. The second-order valence-electron chi connectivity index (χ2n) is 8.34. The van der Waals surface area contributed by atoms with Gasteiger partial charge in [0.1, 0.15) is 34.9 Å². The Bertz CT molecular complexity index is 1570. The van der Waals surface area contributed by atoms with E-state index < -0.39 is 23.2 Å². The number of nitrogen functional groups attached to an aromatic ring is 2. The van der Waals surface area contributed by atoms with Gasteiger partial charge in [0, 0.05) is 12.6 Å². The Hall–Kier alpha value is -4.59. The van der Waals surface area contributed by atoms with Crippen LogP contribution in [0.3, 0.4) is 0 Å². The fourth-order valence-corrected chi connectivity index (χ4v) is 4.60. The number of nitrogens with two attached hydrogens (primary N) is 2. The van der Waals surface area contributed by atoms with E-state index >= 15 is 0 Å². The topological polar surface area (TPSA) is 140 Å². The average Bonchev–Trinajstić information content (AvgIpc) is 3.28. The van der Waals surface area contributed by atoms with Crippen LogP contribution < -0.4 is 21.9 Å². The lowest BCUT2D eigenvalue weighted by Gasteiger charge is -2.28. The van der Waals surface area contributed by atoms with Gasteiger partial charge in [-0.2, -0.15) is 15.2 Å². The molecule has 0 amide bonds. The first kappa shape index (κ1) is 22.2. The summed E-state index contributed by atoms with van der Waals surface area (Å²) in [4.78, 5) is 28.4. The minimum absolute atomic E-state index is 0.00692. The molecule has 35 heavy (non-hydrogen) atoms. The van der Waals surface area contributed by atoms with Crippen molar-refractivity contribution >= 4 is 28.5 Å². The summed E-state index contributed by atoms with van der Waals surface area (Å²) in [5.41, 5.74) is 12.6. The molecule has 0 aliphatic carbocycles. The number of nitrogens with zero attached hydrogens (tertiary/aromatic N) is 6. The van der Waals surface area contributed by atoms with Crippen molar-refractivity contribution in [2.45, 2.75) is 25.8 Å². The summed E-state index contributed by atoms with van der Waals surface area (Å²) in [5.74, 6) is -1.33. The van der Waals surface area contributed by atoms with Gasteiger partial charge in [0.25, 0.3) is 5.56 Å². The minimum Gasteiger partial charge on any atom is -0.382 e. The van der Waals surface area contributed by atoms with E-state index in [4.69, 9.17) is 16.5 Å². The molecule has 0 saturated carbocycles. The van der Waals surface area contributed by atoms with Crippen molar-refractivity contribution in [1.82, 2.24) is 19.5 Å². The molecule has 2 aromatic carbocycles. The summed E-state index contributed by atoms with van der Waals surface area (Å²) < 4.78 is 29.6. The van der Waals surface area contributed by atoms with Gasteiger partial charge < -0.3 is 16.4 Å². The maximum atomic E-state index is 14.2. The first-order valence-electron chi connectivity index (χ1n) is 10.9. The van der Waals surface area contributed by atoms with E-state index in [1.54, 1.807) is 17.0 Å². The lowest BCUT2D eigenvalue weighted by molar-refractivity contribution is 0.577. The molecule has 5 rings (SSSR count). The van der Waals surface area contributed by atoms with Crippen molar-refractivity contribution in [3.05, 3.63) is 75.3 Å². The molecule has 1 saturated heterocycles. The second kappa shape index (κ2) is 8.32. The van der Waals surface area contributed by atoms with Crippen molar-refractivity contribution < 1.29 is 8.78 Å². The van der Waals surface area contributed by atoms with Gasteiger partial charge in [-0.1, -0.05) is 12.1 Å². The lowest BCUT2D eigenvalue weighted by Crippen LogP contribution is -2.33. The molecule has 11 heteroatoms. The van der Waals surface area contributed by atoms with Gasteiger partial charge in [0.05, 0.1) is 22.6 Å². The molecule has 0 spiro atoms. The molecule has 0 bridgehead atoms. The summed E-state index contributed by atoms with van der Waals surface area (Å²) in [5, 5.41) is 10.0. The Morgan fingerprint density at radius 3 is 2.57 bits per heavy atom. The van der Waals surface area contributed by atoms with E-state index in [2.05, 4.69) is 9.97 Å². The van der Waals surface area contributed by atoms with Crippen molar-refractivity contribution in [3.63, 3.8) is 0 Å². The molecule has 1 fully saturated rings. The van der Waals surface area contributed by atoms with Crippen molar-refractivity contribution in [1.29, 1.82) is 5.26 Å². The SMILES string of the molecule is Cc1cccc2c(=O)n(-c3cc(F)cc(F)c3)c(C3CCCN3c3nc(N)nc(N)c3C#N)nc12. The van der Waals surface area contributed by atoms with Crippen LogP contribution in [-0.4, -0.2) is 26.1 Å². The third-order valence-electron chi connectivity index (χ3n) is 6.10. The van der Waals surface area contributed by atoms with E-state index in [0.29, 0.717) is 30.3 Å². The number of anilines is 3. The lowest BCUT2D eigenvalue weighted by atomic mass is 10.1. The van der Waals surface area contributed by atoms with Gasteiger partial charge in [-0.3, -0.25) is 9.36 Å². The number of aryl methyl sites for hydroxylation is 1. The summed E-state index contributed by atoms with van der Waals surface area (Å²) in [6.45, 7) is 2.30. The molecule has 3 heterocycles. The number of benzene rings is 2. The summed E-state index contributed by atoms with van der Waals surface area (Å²) in [6, 6.07) is 9.54. The average molecular weight is 474 g/mol. The van der Waals surface area contributed by atoms with E-state index in [0.717, 1.165) is 23.8 Å². The quantitative estimate of drug-likeness (QED) is 0.462. The molecule has 176 valence electrons. The van der Waals surface area contributed by atoms with Crippen LogP contribution in [0, 0.1) is 29.9 Å². The Balaban J connectivity index is 1.81. The van der Waals surface area contributed by atoms with Crippen LogP contribution in [0.15, 0.2) is 41.2 Å². The zero-order valence-electron chi connectivity index (χ0n) is 18.7. The number of hydrogen-bond acceptors (Lipinski definition) is 8. The van der Waals surface area contributed by atoms with Crippen LogP contribution in [0.1, 0.15) is 35.8 Å². The summed E-state index contributed by atoms with van der Waals surface area (Å²) in [6.07, 6.45) is 1.22. The third kappa shape index (κ3) is 3.69. The third-order valence-corrected chi connectivity index (χ3v) is 6.10. The highest BCUT2D eigenvalue weighted by Gasteiger charge is 2.34. The molecule has 4 aromatic rings. The Morgan fingerprint density at radius 1 is 1.11 bits per heavy atom. The van der Waals surface area contributed by atoms with Crippen LogP contribution in [0.25, 0.3) is 16.6 Å². The number of aromatic nitrogens is 4. The first-order chi connectivity index (χ1) is 16.8. The van der Waals surface area contributed by atoms with Gasteiger partial charge in [-0.25, -0.2) is 13.8 Å². The van der Waals surface area contributed by atoms with Crippen LogP contribution in [0.2, 0.25) is 0 Å². The van der Waals surface area contributed by atoms with E-state index in [1.165, 1.54) is 4.57 Å². The van der Waals surface area contributed by atoms with Crippen LogP contribution in [-0.2, 0) is 0 Å². The van der Waals surface area contributed by atoms with Crippen LogP contribution in [0.4, 0.5) is 26.4 Å². The van der Waals surface area contributed by atoms with Gasteiger partial charge in [-0.05, 0) is 43.5 Å². The maximum absolute atomic E-state index is 14.2. The van der Waals surface area contributed by atoms with Crippen LogP contribution in [0.5, 0.6) is 0 Å². The van der Waals surface area contributed by atoms with Crippen molar-refractivity contribution in [2.24, 2.45) is 0 Å². The van der Waals surface area contributed by atoms with Gasteiger partial charge in [0.15, 0.2) is 5.82 Å². The number of nitriles is 1. The zero-order chi connectivity index (χ0) is 24.9. The predicted molar refractivity (Wildman–Crippen MR) is 127 cm³/mol. The fourth-order valence-electron chi connectivity index (χ4n) is 4.60. The monoisotopic (exact) mass is 474 g/mol. The van der Waals surface area contributed by atoms with Crippen molar-refractivity contribution in [3.8, 4) is 11.8 Å². The molecule has 1 aliphatic heterocycles. The van der Waals surface area contributed by atoms with Gasteiger partial charge in [0.2, 0.25) is 5.95 Å². The second-order valence-corrected chi connectivity index (χ2v) is 8.34. The largest absolute Gasteiger partial charge is 0.382 e. The predicted octanol–water partition coefficient (Wildman–Crippen LogP) is 3.14. The van der Waals surface area contributed by atoms with E-state index in [9.17, 15) is 18.8 Å². The number of rotatable bonds is 3. The van der Waals surface area contributed by atoms with Crippen LogP contribution >= 0.6 is 0 Å². The normalized spacial score (nSPS) is 15.5. The molecule has 1 atom stereocenters. The number of para-hydroxylation sites is 1. The molecule has 0 radical (unpaired) electrons. The van der Waals surface area contributed by atoms with E-state index in [-0.39, 0.29) is 34.7 Å². The molecule has 1 aliphatic rings. The Labute approximate surface area is 198 Å². The van der Waals surface area contributed by atoms with Crippen molar-refractivity contribution in [2.75, 3.05) is 22.9 Å². The van der Waals surface area contributed by atoms with Gasteiger partial charge in [-0.15, -0.1) is 0 Å². The minimum atomic E-state index is -0.825.